The van der Waals surface area contributed by atoms with E-state index < -0.39 is 13.2 Å². The average molecular weight is 705 g/mol. The van der Waals surface area contributed by atoms with Crippen LogP contribution in [0.3, 0.4) is 0 Å². The normalized spacial score (nSPS) is 19.2. The molecule has 0 saturated carbocycles. The topological polar surface area (TPSA) is 12.0 Å². The predicted molar refractivity (Wildman–Crippen MR) is 184 cm³/mol. The summed E-state index contributed by atoms with van der Waals surface area (Å²) in [6.45, 7) is 12.0. The van der Waals surface area contributed by atoms with E-state index >= 15 is 0 Å². The molecule has 1 aliphatic carbocycles. The SMILES string of the molecule is CC1=Cc2c(Br)cccc2[CH]1[Zr]([CH3])([CH3])(=[SiH2])([CH2]c1ccccc1)([CH2]c1ccccc1)([CH2]c1ccccc1)[NH]C(C)(C)C. The number of allylic oxidation sites excluding steroid dienone is 1. The second kappa shape index (κ2) is 8.41. The van der Waals surface area contributed by atoms with E-state index in [1.807, 2.05) is 0 Å². The van der Waals surface area contributed by atoms with Crippen molar-refractivity contribution in [2.45, 2.75) is 58.5 Å². The molecule has 0 amide bonds. The van der Waals surface area contributed by atoms with Gasteiger partial charge in [-0.1, -0.05) is 0 Å². The number of hydrogen-bond acceptors (Lipinski definition) is 1. The third kappa shape index (κ3) is 5.07. The van der Waals surface area contributed by atoms with Crippen LogP contribution in [0.25, 0.3) is 6.08 Å². The monoisotopic (exact) mass is 702 g/mol. The van der Waals surface area contributed by atoms with E-state index in [4.69, 9.17) is 3.26 Å². The molecule has 0 heterocycles. The molecule has 215 valence electrons. The van der Waals surface area contributed by atoms with Crippen LogP contribution < -0.4 is 3.26 Å². The molecule has 0 aromatic heterocycles. The Morgan fingerprint density at radius 1 is 0.683 bits per heavy atom. The summed E-state index contributed by atoms with van der Waals surface area (Å²) in [7, 11) is 0. The van der Waals surface area contributed by atoms with E-state index in [9.17, 15) is 0 Å². The Kier molecular flexibility index (Phi) is 6.28. The molecular weight excluding hydrogens is 658 g/mol. The molecule has 1 N–H and O–H groups in total. The molecule has 1 unspecified atom stereocenters. The molecule has 4 heteroatoms. The first-order valence-corrected chi connectivity index (χ1v) is 34.6. The fourth-order valence-corrected chi connectivity index (χ4v) is 64.9. The fourth-order valence-electron chi connectivity index (χ4n) is 11.3. The van der Waals surface area contributed by atoms with Crippen molar-refractivity contribution in [2.75, 3.05) is 0 Å². The van der Waals surface area contributed by atoms with Gasteiger partial charge in [0.25, 0.3) is 0 Å². The second-order valence-electron chi connectivity index (χ2n) is 18.0. The van der Waals surface area contributed by atoms with Crippen LogP contribution in [0.15, 0.2) is 119 Å². The minimum atomic E-state index is -6.14. The van der Waals surface area contributed by atoms with Crippen molar-refractivity contribution < 1.29 is 13.2 Å². The van der Waals surface area contributed by atoms with Crippen LogP contribution >= 0.6 is 15.9 Å². The van der Waals surface area contributed by atoms with Gasteiger partial charge in [-0.2, -0.15) is 0 Å². The summed E-state index contributed by atoms with van der Waals surface area (Å²) in [6.07, 6.45) is 2.47. The molecule has 1 nitrogen and oxygen atoms in total. The Morgan fingerprint density at radius 2 is 1.10 bits per heavy atom. The molecule has 0 fully saturated rings. The van der Waals surface area contributed by atoms with Gasteiger partial charge in [-0.25, -0.2) is 0 Å². The van der Waals surface area contributed by atoms with Crippen molar-refractivity contribution in [3.63, 3.8) is 0 Å². The molecule has 4 aromatic carbocycles. The maximum absolute atomic E-state index is 6.14. The molecule has 1 aliphatic rings. The standard InChI is InChI=1S/C10H8Br.3C7H7.C4H10N.2CH3.H2Si.Zr/c1-7-5-8-3-2-4-10(11)9(8)6-7;3*1-7-5-3-2-4-6-7;1-4(2,3)5;;;;/h2-6H,1H3;3*2-6H,1H2;5H,1-3H3;2*1H3;1H2;/q;;;;-1;;;;+1. The van der Waals surface area contributed by atoms with Crippen molar-refractivity contribution in [1.29, 1.82) is 0 Å². The van der Waals surface area contributed by atoms with Gasteiger partial charge in [-0.15, -0.1) is 0 Å². The van der Waals surface area contributed by atoms with Crippen LogP contribution in [0.5, 0.6) is 0 Å². The second-order valence-corrected chi connectivity index (χ2v) is 82.5. The van der Waals surface area contributed by atoms with Gasteiger partial charge in [0.15, 0.2) is 0 Å². The summed E-state index contributed by atoms with van der Waals surface area (Å²) in [5.74, 6) is 0. The summed E-state index contributed by atoms with van der Waals surface area (Å²) in [6, 6.07) is 40.8. The molecule has 5 rings (SSSR count). The van der Waals surface area contributed by atoms with E-state index in [2.05, 4.69) is 175 Å². The Balaban J connectivity index is 2.09. The third-order valence-electron chi connectivity index (χ3n) is 10.7. The number of halogens is 1. The quantitative estimate of drug-likeness (QED) is 0.180. The van der Waals surface area contributed by atoms with Gasteiger partial charge >= 0.3 is 251 Å². The van der Waals surface area contributed by atoms with Crippen LogP contribution in [0.1, 0.15) is 59.1 Å². The van der Waals surface area contributed by atoms with Crippen molar-refractivity contribution >= 4 is 28.9 Å². The van der Waals surface area contributed by atoms with Crippen LogP contribution in [-0.4, -0.2) is 12.4 Å². The van der Waals surface area contributed by atoms with Gasteiger partial charge < -0.3 is 0 Å². The molecule has 0 spiro atoms. The molecule has 0 radical (unpaired) electrons. The van der Waals surface area contributed by atoms with E-state index in [0.717, 1.165) is 12.4 Å². The fraction of sp³-hybridized carbons (Fsp3) is 0.297. The van der Waals surface area contributed by atoms with E-state index in [-0.39, 0.29) is 9.16 Å². The van der Waals surface area contributed by atoms with Crippen LogP contribution in [0, 0.1) is 0 Å². The molecule has 0 saturated heterocycles. The Morgan fingerprint density at radius 3 is 1.49 bits per heavy atom. The summed E-state index contributed by atoms with van der Waals surface area (Å²) in [5, 5.41) is 0. The number of benzene rings is 4. The van der Waals surface area contributed by atoms with Crippen LogP contribution in [0.4, 0.5) is 0 Å². The van der Waals surface area contributed by atoms with Gasteiger partial charge in [0.05, 0.1) is 0 Å². The van der Waals surface area contributed by atoms with Gasteiger partial charge in [0.1, 0.15) is 0 Å². The number of rotatable bonds is 8. The summed E-state index contributed by atoms with van der Waals surface area (Å²) >= 11 is -2.18. The minimum absolute atomic E-state index is 0.163. The number of hydrogen-bond donors (Lipinski definition) is 1. The molecule has 1 atom stereocenters. The zero-order chi connectivity index (χ0) is 29.7. The van der Waals surface area contributed by atoms with Gasteiger partial charge in [0.2, 0.25) is 0 Å². The summed E-state index contributed by atoms with van der Waals surface area (Å²) < 4.78 is 14.7. The summed E-state index contributed by atoms with van der Waals surface area (Å²) in [4.78, 5) is 0. The Labute approximate surface area is 249 Å². The van der Waals surface area contributed by atoms with Gasteiger partial charge in [-0.3, -0.25) is 0 Å². The summed E-state index contributed by atoms with van der Waals surface area (Å²) in [5.41, 5.74) is 8.27. The first kappa shape index (κ1) is 30.6. The first-order chi connectivity index (χ1) is 18.9. The van der Waals surface area contributed by atoms with Crippen LogP contribution in [-0.2, 0) is 25.6 Å². The van der Waals surface area contributed by atoms with Crippen molar-refractivity contribution in [2.24, 2.45) is 0 Å². The first-order valence-electron chi connectivity index (χ1n) is 15.1. The number of nitrogens with one attached hydrogen (secondary N) is 1. The van der Waals surface area contributed by atoms with E-state index in [1.54, 1.807) is 0 Å². The van der Waals surface area contributed by atoms with Crippen molar-refractivity contribution in [3.05, 3.63) is 147 Å². The average Bonchev–Trinajstić information content (AvgIpc) is 3.24. The van der Waals surface area contributed by atoms with Crippen molar-refractivity contribution in [1.82, 2.24) is 3.26 Å². The van der Waals surface area contributed by atoms with Crippen LogP contribution in [0.2, 0.25) is 9.26 Å². The Hall–Kier alpha value is -1.84. The van der Waals surface area contributed by atoms with Gasteiger partial charge in [0, 0.05) is 0 Å². The maximum atomic E-state index is 4.82. The van der Waals surface area contributed by atoms with Crippen molar-refractivity contribution in [3.8, 4) is 0 Å². The third-order valence-corrected chi connectivity index (χ3v) is 50.5. The molecule has 0 bridgehead atoms. The zero-order valence-corrected chi connectivity index (χ0v) is 31.2. The molecule has 4 aromatic rings. The van der Waals surface area contributed by atoms with Gasteiger partial charge in [-0.05, 0) is 0 Å². The Bertz CT molecular complexity index is 1710. The molecular formula is C37H47BrNSiZr. The van der Waals surface area contributed by atoms with E-state index in [0.29, 0.717) is 0 Å². The molecule has 41 heavy (non-hydrogen) atoms. The van der Waals surface area contributed by atoms with E-state index in [1.165, 1.54) is 37.9 Å². The molecule has 0 aliphatic heterocycles. The number of fused-ring (bicyclic) bond motifs is 1. The predicted octanol–water partition coefficient (Wildman–Crippen LogP) is 9.75. The zero-order valence-electron chi connectivity index (χ0n) is 25.8.